The van der Waals surface area contributed by atoms with Crippen molar-refractivity contribution in [1.29, 1.82) is 0 Å². The Labute approximate surface area is 134 Å². The molecular weight excluding hydrogens is 301 g/mol. The molecule has 0 saturated heterocycles. The number of nitrogen functional groups attached to an aromatic ring is 1. The Kier molecular flexibility index (Phi) is 5.00. The Morgan fingerprint density at radius 3 is 2.26 bits per heavy atom. The highest BCUT2D eigenvalue weighted by atomic mass is 19.4. The number of anilines is 1. The highest BCUT2D eigenvalue weighted by Gasteiger charge is 2.30. The van der Waals surface area contributed by atoms with Crippen molar-refractivity contribution in [3.05, 3.63) is 65.2 Å². The van der Waals surface area contributed by atoms with E-state index in [4.69, 9.17) is 5.73 Å². The van der Waals surface area contributed by atoms with E-state index in [0.717, 1.165) is 11.6 Å². The summed E-state index contributed by atoms with van der Waals surface area (Å²) in [6, 6.07) is 13.0. The molecule has 0 fully saturated rings. The lowest BCUT2D eigenvalue weighted by Crippen LogP contribution is -2.37. The van der Waals surface area contributed by atoms with Crippen molar-refractivity contribution in [3.63, 3.8) is 0 Å². The van der Waals surface area contributed by atoms with Gasteiger partial charge in [-0.15, -0.1) is 0 Å². The molecule has 124 valence electrons. The molecule has 5 heteroatoms. The molecule has 0 unspecified atom stereocenters. The molecule has 0 amide bonds. The molecule has 0 heterocycles. The molecule has 0 atom stereocenters. The Balaban J connectivity index is 1.99. The van der Waals surface area contributed by atoms with Crippen LogP contribution in [0, 0.1) is 0 Å². The molecule has 2 aromatic rings. The summed E-state index contributed by atoms with van der Waals surface area (Å²) < 4.78 is 38.1. The lowest BCUT2D eigenvalue weighted by Gasteiger charge is -2.27. The van der Waals surface area contributed by atoms with Gasteiger partial charge >= 0.3 is 6.18 Å². The smallest absolute Gasteiger partial charge is 0.399 e. The van der Waals surface area contributed by atoms with Gasteiger partial charge in [-0.3, -0.25) is 0 Å². The first-order valence-corrected chi connectivity index (χ1v) is 7.46. The van der Waals surface area contributed by atoms with Crippen LogP contribution in [0.2, 0.25) is 0 Å². The van der Waals surface area contributed by atoms with Crippen molar-refractivity contribution >= 4 is 5.69 Å². The van der Waals surface area contributed by atoms with Gasteiger partial charge in [-0.2, -0.15) is 13.2 Å². The van der Waals surface area contributed by atoms with Crippen molar-refractivity contribution in [2.75, 3.05) is 12.3 Å². The summed E-state index contributed by atoms with van der Waals surface area (Å²) in [4.78, 5) is 0. The zero-order valence-electron chi connectivity index (χ0n) is 13.2. The minimum atomic E-state index is -4.30. The SMILES string of the molecule is CC(C)(NCCc1cccc(C(F)(F)F)c1)c1cccc(N)c1. The van der Waals surface area contributed by atoms with Crippen molar-refractivity contribution in [3.8, 4) is 0 Å². The normalized spacial score (nSPS) is 12.4. The van der Waals surface area contributed by atoms with Gasteiger partial charge in [0.15, 0.2) is 0 Å². The van der Waals surface area contributed by atoms with Gasteiger partial charge < -0.3 is 11.1 Å². The van der Waals surface area contributed by atoms with E-state index in [0.29, 0.717) is 24.2 Å². The van der Waals surface area contributed by atoms with Gasteiger partial charge in [-0.25, -0.2) is 0 Å². The summed E-state index contributed by atoms with van der Waals surface area (Å²) in [7, 11) is 0. The predicted molar refractivity (Wildman–Crippen MR) is 87.0 cm³/mol. The molecular formula is C18H21F3N2. The first-order chi connectivity index (χ1) is 10.7. The van der Waals surface area contributed by atoms with E-state index >= 15 is 0 Å². The van der Waals surface area contributed by atoms with Gasteiger partial charge in [-0.1, -0.05) is 30.3 Å². The number of nitrogens with two attached hydrogens (primary N) is 1. The van der Waals surface area contributed by atoms with Gasteiger partial charge in [0.2, 0.25) is 0 Å². The van der Waals surface area contributed by atoms with Crippen molar-refractivity contribution in [2.24, 2.45) is 0 Å². The predicted octanol–water partition coefficient (Wildman–Crippen LogP) is 4.36. The molecule has 0 aliphatic rings. The minimum Gasteiger partial charge on any atom is -0.399 e. The first kappa shape index (κ1) is 17.3. The zero-order valence-corrected chi connectivity index (χ0v) is 13.2. The lowest BCUT2D eigenvalue weighted by atomic mass is 9.93. The quantitative estimate of drug-likeness (QED) is 0.803. The second kappa shape index (κ2) is 6.62. The highest BCUT2D eigenvalue weighted by molar-refractivity contribution is 5.42. The molecule has 0 bridgehead atoms. The van der Waals surface area contributed by atoms with Gasteiger partial charge in [-0.05, 0) is 56.1 Å². The summed E-state index contributed by atoms with van der Waals surface area (Å²) in [5.74, 6) is 0. The third-order valence-electron chi connectivity index (χ3n) is 3.84. The van der Waals surface area contributed by atoms with Crippen LogP contribution in [0.5, 0.6) is 0 Å². The van der Waals surface area contributed by atoms with Crippen molar-refractivity contribution < 1.29 is 13.2 Å². The zero-order chi connectivity index (χ0) is 17.1. The van der Waals surface area contributed by atoms with Crippen LogP contribution >= 0.6 is 0 Å². The van der Waals surface area contributed by atoms with Gasteiger partial charge in [0.25, 0.3) is 0 Å². The molecule has 0 aromatic heterocycles. The molecule has 3 N–H and O–H groups in total. The first-order valence-electron chi connectivity index (χ1n) is 7.46. The van der Waals surface area contributed by atoms with Crippen LogP contribution < -0.4 is 11.1 Å². The standard InChI is InChI=1S/C18H21F3N2/c1-17(2,14-6-4-8-16(22)12-14)23-10-9-13-5-3-7-15(11-13)18(19,20)21/h3-8,11-12,23H,9-10,22H2,1-2H3. The third kappa shape index (κ3) is 4.73. The molecule has 0 spiro atoms. The number of hydrogen-bond donors (Lipinski definition) is 2. The van der Waals surface area contributed by atoms with Crippen LogP contribution in [0.25, 0.3) is 0 Å². The number of halogens is 3. The molecule has 0 aliphatic carbocycles. The Hall–Kier alpha value is -2.01. The molecule has 2 aromatic carbocycles. The number of alkyl halides is 3. The fourth-order valence-corrected chi connectivity index (χ4v) is 2.45. The van der Waals surface area contributed by atoms with E-state index in [1.54, 1.807) is 6.07 Å². The minimum absolute atomic E-state index is 0.309. The summed E-state index contributed by atoms with van der Waals surface area (Å²) in [6.45, 7) is 4.62. The van der Waals surface area contributed by atoms with Crippen LogP contribution in [0.1, 0.15) is 30.5 Å². The number of benzene rings is 2. The molecule has 23 heavy (non-hydrogen) atoms. The molecule has 0 saturated carbocycles. The number of nitrogens with one attached hydrogen (secondary N) is 1. The van der Waals surface area contributed by atoms with E-state index < -0.39 is 11.7 Å². The largest absolute Gasteiger partial charge is 0.416 e. The molecule has 2 nitrogen and oxygen atoms in total. The monoisotopic (exact) mass is 322 g/mol. The second-order valence-corrected chi connectivity index (χ2v) is 6.13. The van der Waals surface area contributed by atoms with E-state index in [2.05, 4.69) is 5.32 Å². The summed E-state index contributed by atoms with van der Waals surface area (Å²) in [5, 5.41) is 3.37. The van der Waals surface area contributed by atoms with Gasteiger partial charge in [0.1, 0.15) is 0 Å². The summed E-state index contributed by atoms with van der Waals surface area (Å²) in [5.41, 5.74) is 7.28. The van der Waals surface area contributed by atoms with Gasteiger partial charge in [0.05, 0.1) is 5.56 Å². The van der Waals surface area contributed by atoms with Crippen molar-refractivity contribution in [2.45, 2.75) is 32.0 Å². The van der Waals surface area contributed by atoms with Crippen LogP contribution in [-0.4, -0.2) is 6.54 Å². The maximum absolute atomic E-state index is 12.7. The van der Waals surface area contributed by atoms with Crippen molar-refractivity contribution in [1.82, 2.24) is 5.32 Å². The molecule has 0 radical (unpaired) electrons. The Morgan fingerprint density at radius 2 is 1.61 bits per heavy atom. The third-order valence-corrected chi connectivity index (χ3v) is 3.84. The van der Waals surface area contributed by atoms with E-state index in [-0.39, 0.29) is 5.54 Å². The summed E-state index contributed by atoms with van der Waals surface area (Å²) >= 11 is 0. The van der Waals surface area contributed by atoms with E-state index in [1.165, 1.54) is 12.1 Å². The van der Waals surface area contributed by atoms with Crippen LogP contribution in [0.3, 0.4) is 0 Å². The molecule has 0 aliphatic heterocycles. The highest BCUT2D eigenvalue weighted by Crippen LogP contribution is 2.29. The average molecular weight is 322 g/mol. The number of rotatable bonds is 5. The van der Waals surface area contributed by atoms with Crippen LogP contribution in [0.4, 0.5) is 18.9 Å². The Bertz CT molecular complexity index is 663. The summed E-state index contributed by atoms with van der Waals surface area (Å²) in [6.07, 6.45) is -3.78. The lowest BCUT2D eigenvalue weighted by molar-refractivity contribution is -0.137. The second-order valence-electron chi connectivity index (χ2n) is 6.13. The molecule has 2 rings (SSSR count). The fraction of sp³-hybridized carbons (Fsp3) is 0.333. The topological polar surface area (TPSA) is 38.0 Å². The maximum Gasteiger partial charge on any atom is 0.416 e. The van der Waals surface area contributed by atoms with E-state index in [9.17, 15) is 13.2 Å². The maximum atomic E-state index is 12.7. The number of hydrogen-bond acceptors (Lipinski definition) is 2. The van der Waals surface area contributed by atoms with Gasteiger partial charge in [0, 0.05) is 11.2 Å². The average Bonchev–Trinajstić information content (AvgIpc) is 2.46. The Morgan fingerprint density at radius 1 is 0.957 bits per heavy atom. The van der Waals surface area contributed by atoms with E-state index in [1.807, 2.05) is 38.1 Å². The van der Waals surface area contributed by atoms with Crippen LogP contribution in [-0.2, 0) is 18.1 Å². The van der Waals surface area contributed by atoms with Crippen LogP contribution in [0.15, 0.2) is 48.5 Å². The fourth-order valence-electron chi connectivity index (χ4n) is 2.45.